The van der Waals surface area contributed by atoms with Gasteiger partial charge in [-0.15, -0.1) is 11.3 Å². The van der Waals surface area contributed by atoms with Crippen molar-refractivity contribution < 1.29 is 4.84 Å². The van der Waals surface area contributed by atoms with Gasteiger partial charge in [0.2, 0.25) is 0 Å². The van der Waals surface area contributed by atoms with Crippen LogP contribution < -0.4 is 0 Å². The van der Waals surface area contributed by atoms with E-state index >= 15 is 0 Å². The van der Waals surface area contributed by atoms with Crippen LogP contribution in [0.15, 0.2) is 41.0 Å². The van der Waals surface area contributed by atoms with E-state index in [1.54, 1.807) is 18.4 Å². The van der Waals surface area contributed by atoms with E-state index in [4.69, 9.17) is 16.4 Å². The Labute approximate surface area is 152 Å². The third kappa shape index (κ3) is 4.56. The Hall–Kier alpha value is -1.43. The third-order valence-corrected chi connectivity index (χ3v) is 5.54. The standard InChI is InChI=1S/C18H22ClN3OS/c1-23-21-17(14-4-6-16(19)7-5-14)8-11-22-10-2-3-15(13-22)18-20-9-12-24-18/h4-7,9,12,15H,2-3,8,10-11,13H2,1H3. The predicted octanol–water partition coefficient (Wildman–Crippen LogP) is 4.42. The largest absolute Gasteiger partial charge is 0.399 e. The van der Waals surface area contributed by atoms with Crippen molar-refractivity contribution in [1.82, 2.24) is 9.88 Å². The van der Waals surface area contributed by atoms with Crippen molar-refractivity contribution in [3.63, 3.8) is 0 Å². The molecule has 1 fully saturated rings. The number of likely N-dealkylation sites (tertiary alicyclic amines) is 1. The Morgan fingerprint density at radius 1 is 1.42 bits per heavy atom. The van der Waals surface area contributed by atoms with E-state index < -0.39 is 0 Å². The maximum atomic E-state index is 5.97. The van der Waals surface area contributed by atoms with Crippen molar-refractivity contribution in [3.8, 4) is 0 Å². The SMILES string of the molecule is CON=C(CCN1CCCC(c2nccs2)C1)c1ccc(Cl)cc1. The smallest absolute Gasteiger partial charge is 0.106 e. The van der Waals surface area contributed by atoms with E-state index in [1.165, 1.54) is 17.8 Å². The molecule has 0 bridgehead atoms. The molecule has 0 N–H and O–H groups in total. The Morgan fingerprint density at radius 2 is 2.25 bits per heavy atom. The fourth-order valence-electron chi connectivity index (χ4n) is 3.16. The number of halogens is 1. The van der Waals surface area contributed by atoms with Crippen LogP contribution >= 0.6 is 22.9 Å². The molecular weight excluding hydrogens is 342 g/mol. The molecule has 6 heteroatoms. The van der Waals surface area contributed by atoms with Crippen LogP contribution in [0.4, 0.5) is 0 Å². The van der Waals surface area contributed by atoms with Gasteiger partial charge in [-0.3, -0.25) is 0 Å². The molecule has 0 radical (unpaired) electrons. The topological polar surface area (TPSA) is 37.7 Å². The molecule has 1 aliphatic rings. The van der Waals surface area contributed by atoms with Crippen LogP contribution in [0, 0.1) is 0 Å². The summed E-state index contributed by atoms with van der Waals surface area (Å²) in [6.45, 7) is 3.20. The predicted molar refractivity (Wildman–Crippen MR) is 100 cm³/mol. The summed E-state index contributed by atoms with van der Waals surface area (Å²) < 4.78 is 0. The van der Waals surface area contributed by atoms with Crippen molar-refractivity contribution in [2.24, 2.45) is 5.16 Å². The van der Waals surface area contributed by atoms with Crippen molar-refractivity contribution in [3.05, 3.63) is 51.4 Å². The van der Waals surface area contributed by atoms with Crippen LogP contribution in [0.2, 0.25) is 5.02 Å². The average Bonchev–Trinajstić information content (AvgIpc) is 3.14. The number of piperidine rings is 1. The molecule has 1 atom stereocenters. The summed E-state index contributed by atoms with van der Waals surface area (Å²) in [6.07, 6.45) is 5.23. The highest BCUT2D eigenvalue weighted by Crippen LogP contribution is 2.28. The monoisotopic (exact) mass is 363 g/mol. The van der Waals surface area contributed by atoms with Crippen LogP contribution in [-0.2, 0) is 4.84 Å². The van der Waals surface area contributed by atoms with E-state index in [0.29, 0.717) is 5.92 Å². The van der Waals surface area contributed by atoms with Crippen molar-refractivity contribution in [2.75, 3.05) is 26.7 Å². The van der Waals surface area contributed by atoms with E-state index in [2.05, 4.69) is 20.4 Å². The lowest BCUT2D eigenvalue weighted by molar-refractivity contribution is 0.203. The molecule has 1 aliphatic heterocycles. The number of oxime groups is 1. The molecule has 0 saturated carbocycles. The molecule has 2 heterocycles. The van der Waals surface area contributed by atoms with Crippen LogP contribution in [0.3, 0.4) is 0 Å². The first kappa shape index (κ1) is 17.4. The number of rotatable bonds is 6. The fourth-order valence-corrected chi connectivity index (χ4v) is 4.05. The van der Waals surface area contributed by atoms with Gasteiger partial charge in [-0.1, -0.05) is 28.9 Å². The lowest BCUT2D eigenvalue weighted by atomic mass is 9.98. The summed E-state index contributed by atoms with van der Waals surface area (Å²) in [5, 5.41) is 8.28. The van der Waals surface area contributed by atoms with Gasteiger partial charge in [0.1, 0.15) is 7.11 Å². The molecule has 4 nitrogen and oxygen atoms in total. The van der Waals surface area contributed by atoms with Crippen LogP contribution in [0.25, 0.3) is 0 Å². The lowest BCUT2D eigenvalue weighted by Gasteiger charge is -2.31. The highest BCUT2D eigenvalue weighted by Gasteiger charge is 2.23. The number of hydrogen-bond acceptors (Lipinski definition) is 5. The molecule has 3 rings (SSSR count). The molecule has 1 aromatic carbocycles. The van der Waals surface area contributed by atoms with Crippen molar-refractivity contribution >= 4 is 28.6 Å². The molecule has 128 valence electrons. The molecule has 2 aromatic rings. The van der Waals surface area contributed by atoms with E-state index in [9.17, 15) is 0 Å². The first-order chi connectivity index (χ1) is 11.8. The highest BCUT2D eigenvalue weighted by atomic mass is 35.5. The number of benzene rings is 1. The highest BCUT2D eigenvalue weighted by molar-refractivity contribution is 7.09. The number of nitrogens with zero attached hydrogens (tertiary/aromatic N) is 3. The molecule has 0 aliphatic carbocycles. The first-order valence-corrected chi connectivity index (χ1v) is 9.49. The number of aromatic nitrogens is 1. The average molecular weight is 364 g/mol. The zero-order valence-electron chi connectivity index (χ0n) is 13.8. The summed E-state index contributed by atoms with van der Waals surface area (Å²) in [6, 6.07) is 7.77. The van der Waals surface area contributed by atoms with Gasteiger partial charge < -0.3 is 9.74 Å². The first-order valence-electron chi connectivity index (χ1n) is 8.24. The second-order valence-corrected chi connectivity index (χ2v) is 7.35. The van der Waals surface area contributed by atoms with Gasteiger partial charge >= 0.3 is 0 Å². The van der Waals surface area contributed by atoms with Gasteiger partial charge in [-0.25, -0.2) is 4.98 Å². The molecule has 1 saturated heterocycles. The maximum absolute atomic E-state index is 5.97. The zero-order valence-corrected chi connectivity index (χ0v) is 15.4. The Balaban J connectivity index is 1.60. The summed E-state index contributed by atoms with van der Waals surface area (Å²) in [4.78, 5) is 12.0. The van der Waals surface area contributed by atoms with Crippen molar-refractivity contribution in [2.45, 2.75) is 25.2 Å². The zero-order chi connectivity index (χ0) is 16.8. The van der Waals surface area contributed by atoms with E-state index in [0.717, 1.165) is 42.4 Å². The molecule has 0 spiro atoms. The normalized spacial score (nSPS) is 19.4. The minimum Gasteiger partial charge on any atom is -0.399 e. The Kier molecular flexibility index (Phi) is 6.24. The maximum Gasteiger partial charge on any atom is 0.106 e. The summed E-state index contributed by atoms with van der Waals surface area (Å²) in [5.41, 5.74) is 2.03. The molecule has 1 unspecified atom stereocenters. The second-order valence-electron chi connectivity index (χ2n) is 5.99. The van der Waals surface area contributed by atoms with Gasteiger partial charge in [0.25, 0.3) is 0 Å². The minimum absolute atomic E-state index is 0.567. The van der Waals surface area contributed by atoms with Crippen LogP contribution in [0.1, 0.15) is 35.8 Å². The molecule has 24 heavy (non-hydrogen) atoms. The fraction of sp³-hybridized carbons (Fsp3) is 0.444. The van der Waals surface area contributed by atoms with Gasteiger partial charge in [-0.05, 0) is 37.1 Å². The van der Waals surface area contributed by atoms with E-state index in [-0.39, 0.29) is 0 Å². The number of thiazole rings is 1. The van der Waals surface area contributed by atoms with Crippen LogP contribution in [0.5, 0.6) is 0 Å². The third-order valence-electron chi connectivity index (χ3n) is 4.35. The van der Waals surface area contributed by atoms with Crippen molar-refractivity contribution in [1.29, 1.82) is 0 Å². The summed E-state index contributed by atoms with van der Waals surface area (Å²) >= 11 is 7.74. The van der Waals surface area contributed by atoms with Gasteiger partial charge in [-0.2, -0.15) is 0 Å². The second kappa shape index (κ2) is 8.60. The Bertz CT molecular complexity index is 657. The molecular formula is C18H22ClN3OS. The summed E-state index contributed by atoms with van der Waals surface area (Å²) in [7, 11) is 1.59. The lowest BCUT2D eigenvalue weighted by Crippen LogP contribution is -2.35. The van der Waals surface area contributed by atoms with Crippen LogP contribution in [-0.4, -0.2) is 42.3 Å². The van der Waals surface area contributed by atoms with Gasteiger partial charge in [0.05, 0.1) is 10.7 Å². The molecule has 0 amide bonds. The van der Waals surface area contributed by atoms with E-state index in [1.807, 2.05) is 30.5 Å². The quantitative estimate of drug-likeness (QED) is 0.563. The summed E-state index contributed by atoms with van der Waals surface area (Å²) in [5.74, 6) is 0.567. The molecule has 1 aromatic heterocycles. The Morgan fingerprint density at radius 3 is 2.96 bits per heavy atom. The van der Waals surface area contributed by atoms with Gasteiger partial charge in [0.15, 0.2) is 0 Å². The van der Waals surface area contributed by atoms with Gasteiger partial charge in [0, 0.05) is 42.0 Å². The number of hydrogen-bond donors (Lipinski definition) is 0. The minimum atomic E-state index is 0.567.